The maximum Gasteiger partial charge on any atom is 0.0522 e. The molecular formula is C37H52N2O4Y2-4. The van der Waals surface area contributed by atoms with Gasteiger partial charge in [0.05, 0.1) is 6.61 Å². The van der Waals surface area contributed by atoms with Crippen LogP contribution in [-0.4, -0.2) is 62.8 Å². The van der Waals surface area contributed by atoms with E-state index in [0.717, 1.165) is 33.0 Å². The molecule has 2 radical (unpaired) electrons. The summed E-state index contributed by atoms with van der Waals surface area (Å²) >= 11 is 0. The molecule has 3 aromatic carbocycles. The Morgan fingerprint density at radius 3 is 1.82 bits per heavy atom. The van der Waals surface area contributed by atoms with Gasteiger partial charge in [0.2, 0.25) is 0 Å². The molecule has 244 valence electrons. The average molecular weight is 767 g/mol. The van der Waals surface area contributed by atoms with Crippen molar-refractivity contribution in [2.75, 3.05) is 39.9 Å². The van der Waals surface area contributed by atoms with Crippen LogP contribution in [0.25, 0.3) is 21.5 Å². The fraction of sp³-hybridized carbons (Fsp3) is 0.405. The number of hydrogen-bond acceptors (Lipinski definition) is 5. The Morgan fingerprint density at radius 2 is 1.40 bits per heavy atom. The number of benzene rings is 3. The Hall–Kier alpha value is -1.27. The first kappa shape index (κ1) is 48.1. The van der Waals surface area contributed by atoms with E-state index in [1.54, 1.807) is 11.0 Å². The van der Waals surface area contributed by atoms with Gasteiger partial charge in [0.1, 0.15) is 0 Å². The van der Waals surface area contributed by atoms with Crippen molar-refractivity contribution in [3.63, 3.8) is 0 Å². The zero-order valence-electron chi connectivity index (χ0n) is 28.1. The van der Waals surface area contributed by atoms with Crippen LogP contribution in [0, 0.1) is 24.7 Å². The molecule has 0 heterocycles. The third kappa shape index (κ3) is 22.8. The van der Waals surface area contributed by atoms with Crippen molar-refractivity contribution in [1.82, 2.24) is 10.2 Å². The van der Waals surface area contributed by atoms with Crippen LogP contribution in [0.3, 0.4) is 0 Å². The third-order valence-electron chi connectivity index (χ3n) is 6.20. The van der Waals surface area contributed by atoms with Crippen molar-refractivity contribution in [3.05, 3.63) is 99.3 Å². The van der Waals surface area contributed by atoms with Crippen LogP contribution >= 0.6 is 0 Å². The van der Waals surface area contributed by atoms with Crippen LogP contribution < -0.4 is 5.32 Å². The number of hydrogen-bond donors (Lipinski definition) is 2. The Kier molecular flexibility index (Phi) is 29.7. The second kappa shape index (κ2) is 27.8. The molecule has 0 bridgehead atoms. The van der Waals surface area contributed by atoms with E-state index in [4.69, 9.17) is 9.84 Å². The molecule has 0 atom stereocenters. The first-order valence-electron chi connectivity index (χ1n) is 14.5. The number of nitrogens with zero attached hydrogens (tertiary/aromatic N) is 1. The van der Waals surface area contributed by atoms with Crippen LogP contribution in [-0.2, 0) is 86.2 Å². The predicted octanol–water partition coefficient (Wildman–Crippen LogP) is 7.03. The SMILES string of the molecule is C=CCN([C-]=O)CCC([CH2-])(C)C.C=CCNCCC([CH2-])(C)C.CO.O=[C-]OCCc1c2ccccc2cc2ccccc12.[Y].[Y]. The largest absolute Gasteiger partial charge is 0.652 e. The maximum atomic E-state index is 10.3. The van der Waals surface area contributed by atoms with Crippen molar-refractivity contribution < 1.29 is 84.9 Å². The standard InChI is InChI=1S/C17H13O2.C10H17NO.C9H18N.CH4O.2Y/c18-12-19-10-9-17-15-7-3-1-5-13(15)11-14-6-2-4-8-16(14)17;1-5-7-11(9-12)8-6-10(2,3)4;1-5-7-10-8-6-9(2,3)4;1-2;;/h1-8,11H,9-10H2;5H,1-2,6-8H2,3-4H3;5,10H,1-2,6-8H2,3-4H3;2H,1H3;;/q-1;-2;-1;;;. The summed E-state index contributed by atoms with van der Waals surface area (Å²) in [5.41, 5.74) is 1.45. The molecule has 2 N–H and O–H groups in total. The third-order valence-corrected chi connectivity index (χ3v) is 6.20. The molecule has 0 fully saturated rings. The van der Waals surface area contributed by atoms with E-state index in [-0.39, 0.29) is 76.2 Å². The minimum Gasteiger partial charge on any atom is -0.652 e. The molecule has 0 aliphatic rings. The summed E-state index contributed by atoms with van der Waals surface area (Å²) in [6.07, 6.45) is 8.13. The van der Waals surface area contributed by atoms with Crippen LogP contribution in [0.15, 0.2) is 79.9 Å². The normalized spacial score (nSPS) is 10.1. The number of amides is 1. The fourth-order valence-electron chi connectivity index (χ4n) is 3.97. The van der Waals surface area contributed by atoms with Crippen molar-refractivity contribution in [1.29, 1.82) is 0 Å². The Bertz CT molecular complexity index is 1170. The molecule has 0 saturated carbocycles. The summed E-state index contributed by atoms with van der Waals surface area (Å²) in [4.78, 5) is 22.1. The van der Waals surface area contributed by atoms with Gasteiger partial charge in [0.15, 0.2) is 0 Å². The van der Waals surface area contributed by atoms with Crippen molar-refractivity contribution in [2.24, 2.45) is 10.8 Å². The molecule has 0 unspecified atom stereocenters. The Balaban J connectivity index is -0.000000597. The van der Waals surface area contributed by atoms with Crippen LogP contribution in [0.4, 0.5) is 0 Å². The smallest absolute Gasteiger partial charge is 0.0522 e. The molecular weight excluding hydrogens is 714 g/mol. The number of nitrogens with one attached hydrogen (secondary N) is 1. The number of fused-ring (bicyclic) bond motifs is 2. The van der Waals surface area contributed by atoms with E-state index in [2.05, 4.69) is 76.5 Å². The van der Waals surface area contributed by atoms with Gasteiger partial charge in [-0.15, -0.1) is 13.2 Å². The van der Waals surface area contributed by atoms with Crippen LogP contribution in [0.1, 0.15) is 46.1 Å². The molecule has 3 rings (SSSR count). The summed E-state index contributed by atoms with van der Waals surface area (Å²) in [6.45, 7) is 28.5. The van der Waals surface area contributed by atoms with Gasteiger partial charge < -0.3 is 43.5 Å². The molecule has 1 amide bonds. The molecule has 3 aromatic rings. The number of carbonyl (C=O) groups excluding carboxylic acids is 2. The molecule has 0 spiro atoms. The molecule has 0 aliphatic heterocycles. The van der Waals surface area contributed by atoms with E-state index in [1.807, 2.05) is 50.6 Å². The van der Waals surface area contributed by atoms with Gasteiger partial charge >= 0.3 is 0 Å². The number of aliphatic hydroxyl groups is 1. The van der Waals surface area contributed by atoms with Crippen molar-refractivity contribution >= 4 is 34.4 Å². The molecule has 8 heteroatoms. The van der Waals surface area contributed by atoms with E-state index in [9.17, 15) is 9.59 Å². The number of ether oxygens (including phenoxy) is 1. The molecule has 0 aliphatic carbocycles. The van der Waals surface area contributed by atoms with Gasteiger partial charge in [-0.3, -0.25) is 0 Å². The zero-order valence-corrected chi connectivity index (χ0v) is 33.8. The summed E-state index contributed by atoms with van der Waals surface area (Å²) in [5, 5.41) is 15.1. The molecule has 0 saturated heterocycles. The first-order chi connectivity index (χ1) is 20.5. The van der Waals surface area contributed by atoms with E-state index >= 15 is 0 Å². The van der Waals surface area contributed by atoms with Crippen LogP contribution in [0.2, 0.25) is 0 Å². The fourth-order valence-corrected chi connectivity index (χ4v) is 3.97. The van der Waals surface area contributed by atoms with E-state index in [1.165, 1.54) is 33.6 Å². The Morgan fingerprint density at radius 1 is 0.889 bits per heavy atom. The quantitative estimate of drug-likeness (QED) is 0.0572. The first-order valence-corrected chi connectivity index (χ1v) is 14.5. The zero-order chi connectivity index (χ0) is 32.7. The maximum absolute atomic E-state index is 10.3. The summed E-state index contributed by atoms with van der Waals surface area (Å²) in [5.74, 6) is 0. The van der Waals surface area contributed by atoms with Crippen LogP contribution in [0.5, 0.6) is 0 Å². The van der Waals surface area contributed by atoms with E-state index < -0.39 is 0 Å². The van der Waals surface area contributed by atoms with Gasteiger partial charge in [-0.1, -0.05) is 108 Å². The molecule has 0 aromatic heterocycles. The van der Waals surface area contributed by atoms with Gasteiger partial charge in [0, 0.05) is 92.0 Å². The topological polar surface area (TPSA) is 78.9 Å². The predicted molar refractivity (Wildman–Crippen MR) is 183 cm³/mol. The summed E-state index contributed by atoms with van der Waals surface area (Å²) in [7, 11) is 1.00. The molecule has 45 heavy (non-hydrogen) atoms. The minimum atomic E-state index is 0. The van der Waals surface area contributed by atoms with Crippen molar-refractivity contribution in [2.45, 2.75) is 47.0 Å². The second-order valence-electron chi connectivity index (χ2n) is 11.6. The second-order valence-corrected chi connectivity index (χ2v) is 11.6. The van der Waals surface area contributed by atoms with Gasteiger partial charge in [-0.05, 0) is 46.3 Å². The summed E-state index contributed by atoms with van der Waals surface area (Å²) < 4.78 is 4.73. The summed E-state index contributed by atoms with van der Waals surface area (Å²) in [6, 6.07) is 18.8. The van der Waals surface area contributed by atoms with Gasteiger partial charge in [-0.2, -0.15) is 17.2 Å². The minimum absolute atomic E-state index is 0. The average Bonchev–Trinajstić information content (AvgIpc) is 2.98. The van der Waals surface area contributed by atoms with E-state index in [0.29, 0.717) is 26.1 Å². The van der Waals surface area contributed by atoms with Gasteiger partial charge in [0.25, 0.3) is 0 Å². The Labute approximate surface area is 323 Å². The van der Waals surface area contributed by atoms with Crippen molar-refractivity contribution in [3.8, 4) is 0 Å². The van der Waals surface area contributed by atoms with Gasteiger partial charge in [-0.25, -0.2) is 0 Å². The number of aliphatic hydroxyl groups excluding tert-OH is 1. The monoisotopic (exact) mass is 766 g/mol. The molecule has 6 nitrogen and oxygen atoms in total. The number of rotatable bonds is 15.